The Morgan fingerprint density at radius 3 is 2.22 bits per heavy atom. The highest BCUT2D eigenvalue weighted by Crippen LogP contribution is 2.49. The number of aliphatic carboxylic acids is 1. The van der Waals surface area contributed by atoms with Crippen LogP contribution in [0.1, 0.15) is 96.1 Å². The van der Waals surface area contributed by atoms with Crippen LogP contribution in [-0.2, 0) is 25.0 Å². The molecule has 46 heavy (non-hydrogen) atoms. The lowest BCUT2D eigenvalue weighted by Crippen LogP contribution is -2.54. The van der Waals surface area contributed by atoms with Gasteiger partial charge in [0.25, 0.3) is 20.2 Å². The third-order valence-electron chi connectivity index (χ3n) is 9.42. The Morgan fingerprint density at radius 2 is 1.61 bits per heavy atom. The number of unbranched alkanes of at least 4 members (excludes halogenated alkanes) is 1. The van der Waals surface area contributed by atoms with Crippen molar-refractivity contribution in [1.82, 2.24) is 4.58 Å². The molecule has 2 aromatic rings. The Hall–Kier alpha value is -3.07. The maximum Gasteiger partial charge on any atom is 0.303 e. The largest absolute Gasteiger partial charge is 0.481 e. The van der Waals surface area contributed by atoms with Crippen molar-refractivity contribution in [2.24, 2.45) is 4.99 Å². The summed E-state index contributed by atoms with van der Waals surface area (Å²) in [6.07, 6.45) is 3.18. The van der Waals surface area contributed by atoms with E-state index in [0.717, 1.165) is 30.6 Å². The molecule has 0 aliphatic carbocycles. The molecule has 14 heteroatoms. The minimum atomic E-state index is -4.32. The van der Waals surface area contributed by atoms with E-state index in [9.17, 15) is 35.8 Å². The zero-order valence-electron chi connectivity index (χ0n) is 27.0. The number of ether oxygens (including phenoxy) is 1. The molecule has 5 rings (SSSR count). The maximum absolute atomic E-state index is 12.1. The lowest BCUT2D eigenvalue weighted by molar-refractivity contribution is -0.137. The van der Waals surface area contributed by atoms with Gasteiger partial charge in [0.05, 0.1) is 24.0 Å². The first-order valence-corrected chi connectivity index (χ1v) is 18.9. The zero-order chi connectivity index (χ0) is 33.8. The van der Waals surface area contributed by atoms with Gasteiger partial charge in [0.15, 0.2) is 17.0 Å². The first-order valence-electron chi connectivity index (χ1n) is 15.7. The molecular formula is C32H44N3O9S2+. The fraction of sp³-hybridized carbons (Fsp3) is 0.594. The number of carboxylic acids is 1. The van der Waals surface area contributed by atoms with E-state index in [0.29, 0.717) is 59.3 Å². The van der Waals surface area contributed by atoms with Gasteiger partial charge in [-0.3, -0.25) is 13.9 Å². The summed E-state index contributed by atoms with van der Waals surface area (Å²) in [5.41, 5.74) is 1.80. The minimum absolute atomic E-state index is 0.0188. The quantitative estimate of drug-likeness (QED) is 0.199. The van der Waals surface area contributed by atoms with Crippen molar-refractivity contribution in [3.63, 3.8) is 0 Å². The molecular weight excluding hydrogens is 634 g/mol. The average molecular weight is 679 g/mol. The molecule has 0 saturated heterocycles. The summed E-state index contributed by atoms with van der Waals surface area (Å²) in [6, 6.07) is 7.30. The number of anilines is 1. The van der Waals surface area contributed by atoms with Gasteiger partial charge in [0, 0.05) is 54.1 Å². The summed E-state index contributed by atoms with van der Waals surface area (Å²) in [4.78, 5) is 18.4. The summed E-state index contributed by atoms with van der Waals surface area (Å²) < 4.78 is 76.5. The predicted molar refractivity (Wildman–Crippen MR) is 174 cm³/mol. The highest BCUT2D eigenvalue weighted by atomic mass is 32.2. The Kier molecular flexibility index (Phi) is 9.08. The van der Waals surface area contributed by atoms with Crippen molar-refractivity contribution in [2.75, 3.05) is 29.5 Å². The van der Waals surface area contributed by atoms with Crippen LogP contribution in [0.3, 0.4) is 0 Å². The van der Waals surface area contributed by atoms with Crippen molar-refractivity contribution in [3.8, 4) is 11.5 Å². The summed E-state index contributed by atoms with van der Waals surface area (Å²) in [5, 5.41) is 10.4. The van der Waals surface area contributed by atoms with Gasteiger partial charge in [-0.15, -0.1) is 0 Å². The Balaban J connectivity index is 1.70. The van der Waals surface area contributed by atoms with Gasteiger partial charge in [-0.1, -0.05) is 13.3 Å². The Bertz CT molecular complexity index is 1900. The second kappa shape index (κ2) is 12.2. The molecule has 3 aliphatic rings. The van der Waals surface area contributed by atoms with Crippen molar-refractivity contribution >= 4 is 37.6 Å². The smallest absolute Gasteiger partial charge is 0.303 e. The second-order valence-corrected chi connectivity index (χ2v) is 17.0. The van der Waals surface area contributed by atoms with E-state index >= 15 is 0 Å². The first-order chi connectivity index (χ1) is 21.3. The molecule has 3 heterocycles. The second-order valence-electron chi connectivity index (χ2n) is 14.0. The van der Waals surface area contributed by atoms with Crippen molar-refractivity contribution in [2.45, 2.75) is 96.1 Å². The van der Waals surface area contributed by atoms with E-state index in [1.807, 2.05) is 32.0 Å². The van der Waals surface area contributed by atoms with E-state index in [2.05, 4.69) is 30.2 Å². The number of rotatable bonds is 11. The van der Waals surface area contributed by atoms with Crippen molar-refractivity contribution < 1.29 is 40.6 Å². The Labute approximate surface area is 270 Å². The Morgan fingerprint density at radius 1 is 0.957 bits per heavy atom. The van der Waals surface area contributed by atoms with E-state index in [-0.39, 0.29) is 6.42 Å². The summed E-state index contributed by atoms with van der Waals surface area (Å²) in [5.74, 6) is -1.88. The maximum atomic E-state index is 12.1. The highest BCUT2D eigenvalue weighted by Gasteiger charge is 2.43. The third-order valence-corrected chi connectivity index (χ3v) is 11.1. The molecule has 252 valence electrons. The van der Waals surface area contributed by atoms with Crippen LogP contribution in [0.5, 0.6) is 11.5 Å². The molecule has 0 radical (unpaired) electrons. The molecule has 12 nitrogen and oxygen atoms in total. The molecule has 0 aromatic heterocycles. The summed E-state index contributed by atoms with van der Waals surface area (Å²) in [7, 11) is -8.58. The SMILES string of the molecule is CCCCN1c2cc3c(cc2C(CS(=O)(=O)O)CC1(C)C)N=c1cc2c(cc1O3)=[N+](CCCC(=O)O)C(C)(C)CC2CS(=O)(=O)O. The van der Waals surface area contributed by atoms with Gasteiger partial charge in [0.1, 0.15) is 17.6 Å². The minimum Gasteiger partial charge on any atom is -0.481 e. The lowest BCUT2D eigenvalue weighted by Gasteiger charge is -2.48. The predicted octanol–water partition coefficient (Wildman–Crippen LogP) is 4.01. The van der Waals surface area contributed by atoms with Crippen LogP contribution < -0.4 is 24.9 Å². The van der Waals surface area contributed by atoms with Crippen LogP contribution in [0.15, 0.2) is 29.3 Å². The van der Waals surface area contributed by atoms with Crippen LogP contribution in [0.25, 0.3) is 0 Å². The molecule has 0 spiro atoms. The van der Waals surface area contributed by atoms with Gasteiger partial charge < -0.3 is 14.7 Å². The number of benzene rings is 2. The fourth-order valence-corrected chi connectivity index (χ4v) is 9.12. The third kappa shape index (κ3) is 7.24. The van der Waals surface area contributed by atoms with Crippen LogP contribution in [0.2, 0.25) is 0 Å². The number of nitrogens with zero attached hydrogens (tertiary/aromatic N) is 3. The molecule has 2 unspecified atom stereocenters. The zero-order valence-corrected chi connectivity index (χ0v) is 28.6. The number of hydrogen-bond donors (Lipinski definition) is 3. The average Bonchev–Trinajstić information content (AvgIpc) is 2.89. The number of carboxylic acid groups (broad SMARTS) is 1. The van der Waals surface area contributed by atoms with Gasteiger partial charge in [0.2, 0.25) is 5.36 Å². The van der Waals surface area contributed by atoms with Crippen molar-refractivity contribution in [1.29, 1.82) is 0 Å². The van der Waals surface area contributed by atoms with Crippen LogP contribution >= 0.6 is 0 Å². The van der Waals surface area contributed by atoms with E-state index in [1.54, 1.807) is 6.07 Å². The van der Waals surface area contributed by atoms with Gasteiger partial charge in [-0.2, -0.15) is 16.8 Å². The standard InChI is InChI=1S/C32H43N3O9S2/c1-6-7-10-34-26-14-28-24(12-22(26)20(16-31(34,2)3)18-45(38,39)40)33-25-13-23-21(19-46(41,42)43)17-32(4,5)35(11-8-9-30(36)37)27(23)15-29(25)44-28/h12-15,20-21H,6-11,16-19H2,1-5H3,(H2-,36,37,38,39,40,41,42,43)/p+1. The van der Waals surface area contributed by atoms with E-state index < -0.39 is 60.6 Å². The van der Waals surface area contributed by atoms with Crippen LogP contribution in [0, 0.1) is 0 Å². The van der Waals surface area contributed by atoms with Gasteiger partial charge >= 0.3 is 5.97 Å². The molecule has 3 N–H and O–H groups in total. The first kappa shape index (κ1) is 34.3. The van der Waals surface area contributed by atoms with E-state index in [4.69, 9.17) is 9.73 Å². The van der Waals surface area contributed by atoms with Crippen LogP contribution in [0.4, 0.5) is 11.4 Å². The topological polar surface area (TPSA) is 174 Å². The molecule has 0 bridgehead atoms. The molecule has 0 fully saturated rings. The monoisotopic (exact) mass is 678 g/mol. The fourth-order valence-electron chi connectivity index (χ4n) is 7.51. The molecule has 0 saturated carbocycles. The number of carbonyl (C=O) groups is 1. The van der Waals surface area contributed by atoms with Gasteiger partial charge in [-0.25, -0.2) is 9.57 Å². The van der Waals surface area contributed by atoms with Crippen molar-refractivity contribution in [3.05, 3.63) is 46.1 Å². The van der Waals surface area contributed by atoms with Gasteiger partial charge in [-0.05, 0) is 58.2 Å². The summed E-state index contributed by atoms with van der Waals surface area (Å²) >= 11 is 0. The summed E-state index contributed by atoms with van der Waals surface area (Å²) in [6.45, 7) is 11.4. The van der Waals surface area contributed by atoms with Crippen LogP contribution in [-0.4, -0.2) is 72.7 Å². The highest BCUT2D eigenvalue weighted by molar-refractivity contribution is 7.86. The number of fused-ring (bicyclic) bond motifs is 4. The lowest BCUT2D eigenvalue weighted by atomic mass is 9.79. The normalized spacial score (nSPS) is 21.3. The number of hydrogen-bond acceptors (Lipinski definition) is 8. The molecule has 2 aromatic carbocycles. The van der Waals surface area contributed by atoms with E-state index in [1.165, 1.54) is 0 Å². The molecule has 3 aliphatic heterocycles. The molecule has 0 amide bonds. The molecule has 2 atom stereocenters.